The summed E-state index contributed by atoms with van der Waals surface area (Å²) in [5.74, 6) is 0. The summed E-state index contributed by atoms with van der Waals surface area (Å²) in [6, 6.07) is 4.08. The van der Waals surface area contributed by atoms with E-state index in [0.29, 0.717) is 0 Å². The van der Waals surface area contributed by atoms with Crippen molar-refractivity contribution >= 4 is 11.0 Å². The van der Waals surface area contributed by atoms with Crippen molar-refractivity contribution in [1.29, 1.82) is 0 Å². The normalized spacial score (nSPS) is 17.8. The first-order valence-corrected chi connectivity index (χ1v) is 6.50. The molecule has 2 N–H and O–H groups in total. The van der Waals surface area contributed by atoms with Gasteiger partial charge in [-0.15, -0.1) is 0 Å². The summed E-state index contributed by atoms with van der Waals surface area (Å²) < 4.78 is 5.60. The number of nitrogens with one attached hydrogen (secondary N) is 2. The molecule has 18 heavy (non-hydrogen) atoms. The van der Waals surface area contributed by atoms with Crippen LogP contribution in [0.1, 0.15) is 24.8 Å². The molecule has 0 saturated heterocycles. The Kier molecular flexibility index (Phi) is 3.06. The van der Waals surface area contributed by atoms with Gasteiger partial charge >= 0.3 is 0 Å². The summed E-state index contributed by atoms with van der Waals surface area (Å²) in [5.41, 5.74) is 2.31. The van der Waals surface area contributed by atoms with Gasteiger partial charge in [0, 0.05) is 38.0 Å². The van der Waals surface area contributed by atoms with Crippen molar-refractivity contribution in [2.24, 2.45) is 0 Å². The van der Waals surface area contributed by atoms with Crippen LogP contribution in [-0.4, -0.2) is 29.2 Å². The summed E-state index contributed by atoms with van der Waals surface area (Å²) in [6.45, 7) is 1.78. The second kappa shape index (κ2) is 4.71. The average Bonchev–Trinajstić information content (AvgIpc) is 2.76. The third-order valence-electron chi connectivity index (χ3n) is 4.00. The molecule has 1 fully saturated rings. The first-order chi connectivity index (χ1) is 8.83. The molecule has 2 aromatic rings. The zero-order valence-electron chi connectivity index (χ0n) is 10.7. The number of aromatic nitrogens is 2. The molecule has 0 amide bonds. The van der Waals surface area contributed by atoms with Crippen LogP contribution in [0.15, 0.2) is 24.5 Å². The summed E-state index contributed by atoms with van der Waals surface area (Å²) in [4.78, 5) is 7.49. The van der Waals surface area contributed by atoms with Crippen LogP contribution < -0.4 is 5.32 Å². The Morgan fingerprint density at radius 2 is 2.39 bits per heavy atom. The van der Waals surface area contributed by atoms with E-state index in [1.807, 2.05) is 25.6 Å². The molecule has 0 unspecified atom stereocenters. The highest BCUT2D eigenvalue weighted by atomic mass is 16.5. The molecule has 2 aromatic heterocycles. The summed E-state index contributed by atoms with van der Waals surface area (Å²) in [5, 5.41) is 4.70. The number of H-pyrrole nitrogens is 1. The number of rotatable bonds is 5. The van der Waals surface area contributed by atoms with Crippen LogP contribution in [0, 0.1) is 0 Å². The number of aromatic amines is 1. The van der Waals surface area contributed by atoms with Gasteiger partial charge in [-0.05, 0) is 37.0 Å². The maximum Gasteiger partial charge on any atom is 0.137 e. The summed E-state index contributed by atoms with van der Waals surface area (Å²) in [7, 11) is 1.82. The molecule has 0 spiro atoms. The molecule has 0 aromatic carbocycles. The molecular formula is C14H19N3O. The van der Waals surface area contributed by atoms with Crippen LogP contribution in [0.2, 0.25) is 0 Å². The monoisotopic (exact) mass is 245 g/mol. The van der Waals surface area contributed by atoms with Gasteiger partial charge < -0.3 is 15.0 Å². The molecule has 1 aliphatic carbocycles. The zero-order valence-corrected chi connectivity index (χ0v) is 10.7. The quantitative estimate of drug-likeness (QED) is 0.849. The lowest BCUT2D eigenvalue weighted by molar-refractivity contribution is -0.0695. The van der Waals surface area contributed by atoms with Gasteiger partial charge in [0.15, 0.2) is 0 Å². The Bertz CT molecular complexity index is 525. The predicted molar refractivity (Wildman–Crippen MR) is 71.4 cm³/mol. The van der Waals surface area contributed by atoms with E-state index in [0.717, 1.165) is 18.7 Å². The molecule has 0 aliphatic heterocycles. The average molecular weight is 245 g/mol. The number of pyridine rings is 1. The zero-order chi connectivity index (χ0) is 12.4. The minimum absolute atomic E-state index is 0.0877. The van der Waals surface area contributed by atoms with Crippen LogP contribution in [0.25, 0.3) is 11.0 Å². The van der Waals surface area contributed by atoms with E-state index in [1.165, 1.54) is 30.2 Å². The van der Waals surface area contributed by atoms with E-state index in [1.54, 1.807) is 0 Å². The van der Waals surface area contributed by atoms with Crippen molar-refractivity contribution in [3.63, 3.8) is 0 Å². The second-order valence-electron chi connectivity index (χ2n) is 5.06. The molecule has 1 aliphatic rings. The molecule has 4 heteroatoms. The first-order valence-electron chi connectivity index (χ1n) is 6.50. The molecule has 2 heterocycles. The van der Waals surface area contributed by atoms with Gasteiger partial charge in [-0.2, -0.15) is 0 Å². The van der Waals surface area contributed by atoms with E-state index < -0.39 is 0 Å². The molecule has 4 nitrogen and oxygen atoms in total. The van der Waals surface area contributed by atoms with Gasteiger partial charge in [0.25, 0.3) is 0 Å². The van der Waals surface area contributed by atoms with Crippen molar-refractivity contribution in [2.45, 2.75) is 31.4 Å². The third kappa shape index (κ3) is 2.02. The van der Waals surface area contributed by atoms with Crippen molar-refractivity contribution in [2.75, 3.05) is 13.7 Å². The van der Waals surface area contributed by atoms with Crippen molar-refractivity contribution in [3.8, 4) is 0 Å². The van der Waals surface area contributed by atoms with E-state index >= 15 is 0 Å². The fourth-order valence-corrected chi connectivity index (χ4v) is 2.61. The van der Waals surface area contributed by atoms with Crippen molar-refractivity contribution < 1.29 is 4.74 Å². The van der Waals surface area contributed by atoms with Gasteiger partial charge in [-0.1, -0.05) is 0 Å². The summed E-state index contributed by atoms with van der Waals surface area (Å²) in [6.07, 6.45) is 7.47. The van der Waals surface area contributed by atoms with Crippen molar-refractivity contribution in [1.82, 2.24) is 15.3 Å². The van der Waals surface area contributed by atoms with Gasteiger partial charge in [-0.3, -0.25) is 0 Å². The smallest absolute Gasteiger partial charge is 0.137 e. The van der Waals surface area contributed by atoms with Crippen LogP contribution >= 0.6 is 0 Å². The number of hydrogen-bond acceptors (Lipinski definition) is 3. The Labute approximate surface area is 107 Å². The van der Waals surface area contributed by atoms with Gasteiger partial charge in [0.1, 0.15) is 5.65 Å². The molecule has 96 valence electrons. The van der Waals surface area contributed by atoms with E-state index in [9.17, 15) is 0 Å². The third-order valence-corrected chi connectivity index (χ3v) is 4.00. The minimum Gasteiger partial charge on any atom is -0.377 e. The number of hydrogen-bond donors (Lipinski definition) is 2. The van der Waals surface area contributed by atoms with Crippen LogP contribution in [-0.2, 0) is 11.3 Å². The highest BCUT2D eigenvalue weighted by molar-refractivity contribution is 5.79. The molecule has 0 bridgehead atoms. The lowest BCUT2D eigenvalue weighted by atomic mass is 9.80. The minimum atomic E-state index is 0.0877. The van der Waals surface area contributed by atoms with Gasteiger partial charge in [0.05, 0.1) is 5.60 Å². The number of nitrogens with zero attached hydrogens (tertiary/aromatic N) is 1. The predicted octanol–water partition coefficient (Wildman–Crippen LogP) is 2.22. The first kappa shape index (κ1) is 11.7. The highest BCUT2D eigenvalue weighted by Crippen LogP contribution is 2.34. The Balaban J connectivity index is 1.63. The summed E-state index contributed by atoms with van der Waals surface area (Å²) >= 11 is 0. The van der Waals surface area contributed by atoms with E-state index in [-0.39, 0.29) is 5.60 Å². The number of fused-ring (bicyclic) bond motifs is 1. The topological polar surface area (TPSA) is 49.9 Å². The Hall–Kier alpha value is -1.39. The standard InChI is InChI=1S/C14H19N3O/c1-18-14(5-3-6-14)10-15-8-11-9-17-13-12(11)4-2-7-16-13/h2,4,7,9,15H,3,5-6,8,10H2,1H3,(H,16,17). The molecule has 0 atom stereocenters. The fraction of sp³-hybridized carbons (Fsp3) is 0.500. The lowest BCUT2D eigenvalue weighted by Gasteiger charge is -2.40. The maximum atomic E-state index is 5.60. The number of methoxy groups -OCH3 is 1. The maximum absolute atomic E-state index is 5.60. The number of ether oxygens (including phenoxy) is 1. The SMILES string of the molecule is COC1(CNCc2c[nH]c3ncccc23)CCC1. The fourth-order valence-electron chi connectivity index (χ4n) is 2.61. The van der Waals surface area contributed by atoms with Crippen LogP contribution in [0.5, 0.6) is 0 Å². The van der Waals surface area contributed by atoms with Crippen LogP contribution in [0.3, 0.4) is 0 Å². The van der Waals surface area contributed by atoms with Gasteiger partial charge in [0.2, 0.25) is 0 Å². The second-order valence-corrected chi connectivity index (χ2v) is 5.06. The Morgan fingerprint density at radius 3 is 3.11 bits per heavy atom. The largest absolute Gasteiger partial charge is 0.377 e. The molecular weight excluding hydrogens is 226 g/mol. The van der Waals surface area contributed by atoms with E-state index in [2.05, 4.69) is 21.4 Å². The molecule has 3 rings (SSSR count). The lowest BCUT2D eigenvalue weighted by Crippen LogP contribution is -2.47. The van der Waals surface area contributed by atoms with Gasteiger partial charge in [-0.25, -0.2) is 4.98 Å². The molecule has 0 radical (unpaired) electrons. The van der Waals surface area contributed by atoms with Crippen molar-refractivity contribution in [3.05, 3.63) is 30.1 Å². The van der Waals surface area contributed by atoms with E-state index in [4.69, 9.17) is 4.74 Å². The van der Waals surface area contributed by atoms with Crippen LogP contribution in [0.4, 0.5) is 0 Å². The molecule has 1 saturated carbocycles. The highest BCUT2D eigenvalue weighted by Gasteiger charge is 2.36. The Morgan fingerprint density at radius 1 is 1.50 bits per heavy atom.